The van der Waals surface area contributed by atoms with Gasteiger partial charge in [-0.15, -0.1) is 0 Å². The molecule has 4 nitrogen and oxygen atoms in total. The van der Waals surface area contributed by atoms with Crippen LogP contribution in [0.5, 0.6) is 0 Å². The van der Waals surface area contributed by atoms with E-state index in [1.165, 1.54) is 0 Å². The number of nitrogens with zero attached hydrogens (tertiary/aromatic N) is 2. The maximum atomic E-state index is 6.19. The Morgan fingerprint density at radius 1 is 1.31 bits per heavy atom. The molecule has 0 aliphatic carbocycles. The van der Waals surface area contributed by atoms with Crippen LogP contribution < -0.4 is 5.73 Å². The zero-order valence-corrected chi connectivity index (χ0v) is 10.8. The van der Waals surface area contributed by atoms with Crippen LogP contribution >= 0.6 is 0 Å². The van der Waals surface area contributed by atoms with Gasteiger partial charge in [-0.1, -0.05) is 32.9 Å². The summed E-state index contributed by atoms with van der Waals surface area (Å²) in [6.07, 6.45) is 3.57. The highest BCUT2D eigenvalue weighted by molar-refractivity contribution is 5.01. The second kappa shape index (κ2) is 5.43. The van der Waals surface area contributed by atoms with Crippen molar-refractivity contribution in [1.82, 2.24) is 10.1 Å². The first-order valence-corrected chi connectivity index (χ1v) is 6.13. The van der Waals surface area contributed by atoms with Gasteiger partial charge in [-0.25, -0.2) is 0 Å². The molecule has 0 saturated carbocycles. The van der Waals surface area contributed by atoms with Crippen molar-refractivity contribution in [1.29, 1.82) is 0 Å². The third-order valence-corrected chi connectivity index (χ3v) is 3.10. The Balaban J connectivity index is 2.70. The molecule has 2 N–H and O–H groups in total. The summed E-state index contributed by atoms with van der Waals surface area (Å²) in [5, 5.41) is 3.98. The van der Waals surface area contributed by atoms with E-state index in [9.17, 15) is 0 Å². The molecule has 0 amide bonds. The molecule has 16 heavy (non-hydrogen) atoms. The summed E-state index contributed by atoms with van der Waals surface area (Å²) in [5.74, 6) is 2.01. The molecule has 0 aliphatic rings. The molecule has 0 saturated heterocycles. The lowest BCUT2D eigenvalue weighted by molar-refractivity contribution is 0.266. The first kappa shape index (κ1) is 13.2. The molecule has 4 heteroatoms. The van der Waals surface area contributed by atoms with Crippen molar-refractivity contribution in [2.24, 2.45) is 11.7 Å². The maximum Gasteiger partial charge on any atom is 0.246 e. The zero-order valence-electron chi connectivity index (χ0n) is 10.8. The SMILES string of the molecule is CCC(N)(CC)c1nc(CCC(C)C)no1. The smallest absolute Gasteiger partial charge is 0.246 e. The molecule has 0 aliphatic heterocycles. The van der Waals surface area contributed by atoms with Crippen LogP contribution in [0.25, 0.3) is 0 Å². The number of hydrogen-bond donors (Lipinski definition) is 1. The number of nitrogens with two attached hydrogens (primary N) is 1. The minimum absolute atomic E-state index is 0.455. The van der Waals surface area contributed by atoms with E-state index >= 15 is 0 Å². The molecule has 0 unspecified atom stereocenters. The molecular formula is C12H23N3O. The minimum Gasteiger partial charge on any atom is -0.337 e. The summed E-state index contributed by atoms with van der Waals surface area (Å²) in [6, 6.07) is 0. The summed E-state index contributed by atoms with van der Waals surface area (Å²) in [5.41, 5.74) is 5.74. The number of aromatic nitrogens is 2. The highest BCUT2D eigenvalue weighted by Gasteiger charge is 2.29. The van der Waals surface area contributed by atoms with E-state index in [0.29, 0.717) is 11.8 Å². The minimum atomic E-state index is -0.455. The lowest BCUT2D eigenvalue weighted by Gasteiger charge is -2.20. The summed E-state index contributed by atoms with van der Waals surface area (Å²) < 4.78 is 5.26. The molecule has 1 rings (SSSR count). The van der Waals surface area contributed by atoms with Gasteiger partial charge >= 0.3 is 0 Å². The van der Waals surface area contributed by atoms with Crippen LogP contribution in [-0.2, 0) is 12.0 Å². The first-order chi connectivity index (χ1) is 7.51. The van der Waals surface area contributed by atoms with Gasteiger partial charge in [0.2, 0.25) is 5.89 Å². The molecule has 1 heterocycles. The van der Waals surface area contributed by atoms with Crippen molar-refractivity contribution in [3.63, 3.8) is 0 Å². The van der Waals surface area contributed by atoms with Crippen LogP contribution in [0.3, 0.4) is 0 Å². The fourth-order valence-corrected chi connectivity index (χ4v) is 1.53. The second-order valence-electron chi connectivity index (χ2n) is 4.81. The molecule has 1 aromatic heterocycles. The van der Waals surface area contributed by atoms with Gasteiger partial charge in [0.25, 0.3) is 0 Å². The van der Waals surface area contributed by atoms with Crippen LogP contribution in [0, 0.1) is 5.92 Å². The lowest BCUT2D eigenvalue weighted by atomic mass is 9.94. The van der Waals surface area contributed by atoms with E-state index in [1.54, 1.807) is 0 Å². The number of aryl methyl sites for hydroxylation is 1. The lowest BCUT2D eigenvalue weighted by Crippen LogP contribution is -2.35. The monoisotopic (exact) mass is 225 g/mol. The van der Waals surface area contributed by atoms with E-state index in [0.717, 1.165) is 31.5 Å². The van der Waals surface area contributed by atoms with Gasteiger partial charge in [-0.05, 0) is 25.2 Å². The van der Waals surface area contributed by atoms with Crippen molar-refractivity contribution in [2.45, 2.75) is 58.9 Å². The molecule has 92 valence electrons. The highest BCUT2D eigenvalue weighted by Crippen LogP contribution is 2.24. The van der Waals surface area contributed by atoms with Gasteiger partial charge in [0.05, 0.1) is 5.54 Å². The fourth-order valence-electron chi connectivity index (χ4n) is 1.53. The van der Waals surface area contributed by atoms with E-state index in [1.807, 2.05) is 13.8 Å². The predicted molar refractivity (Wildman–Crippen MR) is 63.9 cm³/mol. The van der Waals surface area contributed by atoms with Crippen LogP contribution in [-0.4, -0.2) is 10.1 Å². The average molecular weight is 225 g/mol. The quantitative estimate of drug-likeness (QED) is 0.808. The van der Waals surface area contributed by atoms with Crippen LogP contribution in [0.15, 0.2) is 4.52 Å². The third-order valence-electron chi connectivity index (χ3n) is 3.10. The average Bonchev–Trinajstić information content (AvgIpc) is 2.74. The molecule has 0 bridgehead atoms. The first-order valence-electron chi connectivity index (χ1n) is 6.13. The zero-order chi connectivity index (χ0) is 12.2. The Morgan fingerprint density at radius 3 is 2.44 bits per heavy atom. The van der Waals surface area contributed by atoms with Crippen molar-refractivity contribution < 1.29 is 4.52 Å². The normalized spacial score (nSPS) is 12.4. The van der Waals surface area contributed by atoms with Crippen molar-refractivity contribution >= 4 is 0 Å². The maximum absolute atomic E-state index is 6.19. The molecular weight excluding hydrogens is 202 g/mol. The summed E-state index contributed by atoms with van der Waals surface area (Å²) in [6.45, 7) is 8.46. The van der Waals surface area contributed by atoms with E-state index < -0.39 is 5.54 Å². The topological polar surface area (TPSA) is 64.9 Å². The Morgan fingerprint density at radius 2 is 1.94 bits per heavy atom. The fraction of sp³-hybridized carbons (Fsp3) is 0.833. The van der Waals surface area contributed by atoms with E-state index in [-0.39, 0.29) is 0 Å². The highest BCUT2D eigenvalue weighted by atomic mass is 16.5. The standard InChI is InChI=1S/C12H23N3O/c1-5-12(13,6-2)11-14-10(15-16-11)8-7-9(3)4/h9H,5-8,13H2,1-4H3. The Kier molecular flexibility index (Phi) is 4.47. The van der Waals surface area contributed by atoms with E-state index in [2.05, 4.69) is 24.0 Å². The van der Waals surface area contributed by atoms with E-state index in [4.69, 9.17) is 10.3 Å². The van der Waals surface area contributed by atoms with Gasteiger partial charge in [0.1, 0.15) is 0 Å². The van der Waals surface area contributed by atoms with Gasteiger partial charge < -0.3 is 10.3 Å². The van der Waals surface area contributed by atoms with Gasteiger partial charge in [0, 0.05) is 6.42 Å². The Bertz CT molecular complexity index is 316. The molecule has 0 aromatic carbocycles. The Hall–Kier alpha value is -0.900. The molecule has 0 radical (unpaired) electrons. The van der Waals surface area contributed by atoms with Crippen molar-refractivity contribution in [2.75, 3.05) is 0 Å². The van der Waals surface area contributed by atoms with Crippen LogP contribution in [0.1, 0.15) is 58.7 Å². The summed E-state index contributed by atoms with van der Waals surface area (Å²) in [4.78, 5) is 4.39. The van der Waals surface area contributed by atoms with Crippen molar-refractivity contribution in [3.8, 4) is 0 Å². The third kappa shape index (κ3) is 3.04. The summed E-state index contributed by atoms with van der Waals surface area (Å²) in [7, 11) is 0. The molecule has 0 spiro atoms. The van der Waals surface area contributed by atoms with Crippen LogP contribution in [0.2, 0.25) is 0 Å². The Labute approximate surface area is 97.6 Å². The van der Waals surface area contributed by atoms with Gasteiger partial charge in [0.15, 0.2) is 5.82 Å². The molecule has 0 atom stereocenters. The van der Waals surface area contributed by atoms with Crippen LogP contribution in [0.4, 0.5) is 0 Å². The second-order valence-corrected chi connectivity index (χ2v) is 4.81. The number of hydrogen-bond acceptors (Lipinski definition) is 4. The van der Waals surface area contributed by atoms with Crippen molar-refractivity contribution in [3.05, 3.63) is 11.7 Å². The molecule has 1 aromatic rings. The largest absolute Gasteiger partial charge is 0.337 e. The predicted octanol–water partition coefficient (Wildman–Crippen LogP) is 2.63. The van der Waals surface area contributed by atoms with Gasteiger partial charge in [-0.3, -0.25) is 0 Å². The van der Waals surface area contributed by atoms with Gasteiger partial charge in [-0.2, -0.15) is 4.98 Å². The summed E-state index contributed by atoms with van der Waals surface area (Å²) >= 11 is 0. The molecule has 0 fully saturated rings. The number of rotatable bonds is 6.